The van der Waals surface area contributed by atoms with Gasteiger partial charge in [0, 0.05) is 11.9 Å². The third kappa shape index (κ3) is 4.22. The number of allylic oxidation sites excluding steroid dienone is 7. The van der Waals surface area contributed by atoms with Crippen LogP contribution in [0.2, 0.25) is 0 Å². The topological polar surface area (TPSA) is 12.0 Å². The molecule has 1 aliphatic carbocycles. The average molecular weight is 279 g/mol. The summed E-state index contributed by atoms with van der Waals surface area (Å²) < 4.78 is 0. The van der Waals surface area contributed by atoms with Crippen molar-refractivity contribution in [3.63, 3.8) is 0 Å². The summed E-state index contributed by atoms with van der Waals surface area (Å²) in [5.74, 6) is 0. The Morgan fingerprint density at radius 1 is 1.33 bits per heavy atom. The molecule has 0 radical (unpaired) electrons. The van der Waals surface area contributed by atoms with Crippen LogP contribution in [0.25, 0.3) is 5.57 Å². The van der Waals surface area contributed by atoms with E-state index in [1.54, 1.807) is 0 Å². The van der Waals surface area contributed by atoms with E-state index >= 15 is 0 Å². The summed E-state index contributed by atoms with van der Waals surface area (Å²) in [6.45, 7) is 6.36. The van der Waals surface area contributed by atoms with Gasteiger partial charge in [-0.1, -0.05) is 48.9 Å². The molecule has 0 bridgehead atoms. The Bertz CT molecular complexity index is 600. The average Bonchev–Trinajstić information content (AvgIpc) is 2.55. The molecule has 2 rings (SSSR count). The Kier molecular flexibility index (Phi) is 5.62. The van der Waals surface area contributed by atoms with E-state index in [-0.39, 0.29) is 0 Å². The summed E-state index contributed by atoms with van der Waals surface area (Å²) in [5, 5.41) is 3.44. The van der Waals surface area contributed by atoms with Gasteiger partial charge in [-0.15, -0.1) is 0 Å². The molecule has 1 heteroatoms. The van der Waals surface area contributed by atoms with Gasteiger partial charge in [0.05, 0.1) is 0 Å². The first-order valence-electron chi connectivity index (χ1n) is 7.79. The molecule has 1 aromatic carbocycles. The normalized spacial score (nSPS) is 15.4. The first kappa shape index (κ1) is 15.4. The summed E-state index contributed by atoms with van der Waals surface area (Å²) in [6.07, 6.45) is 16.2. The van der Waals surface area contributed by atoms with Gasteiger partial charge in [-0.2, -0.15) is 0 Å². The monoisotopic (exact) mass is 279 g/mol. The van der Waals surface area contributed by atoms with E-state index in [1.807, 2.05) is 6.20 Å². The molecular weight excluding hydrogens is 254 g/mol. The number of anilines is 1. The Labute approximate surface area is 128 Å². The number of nitrogens with one attached hydrogen (secondary N) is 1. The molecule has 1 aliphatic rings. The Morgan fingerprint density at radius 3 is 2.86 bits per heavy atom. The molecule has 0 spiro atoms. The highest BCUT2D eigenvalue weighted by Gasteiger charge is 2.06. The van der Waals surface area contributed by atoms with Crippen LogP contribution in [0.5, 0.6) is 0 Å². The van der Waals surface area contributed by atoms with Crippen molar-refractivity contribution >= 4 is 11.3 Å². The zero-order valence-electron chi connectivity index (χ0n) is 13.3. The molecule has 110 valence electrons. The maximum Gasteiger partial charge on any atom is 0.0418 e. The van der Waals surface area contributed by atoms with Gasteiger partial charge in [0.25, 0.3) is 0 Å². The lowest BCUT2D eigenvalue weighted by Gasteiger charge is -2.14. The maximum absolute atomic E-state index is 3.44. The third-order valence-corrected chi connectivity index (χ3v) is 3.92. The van der Waals surface area contributed by atoms with Crippen molar-refractivity contribution in [2.24, 2.45) is 0 Å². The van der Waals surface area contributed by atoms with Crippen LogP contribution in [0.1, 0.15) is 44.7 Å². The maximum atomic E-state index is 3.44. The SMILES string of the molecule is C/C=C(C)\C=C/Nc1cc(C2=CC=CCC2)ccc1CC. The minimum absolute atomic E-state index is 1.04. The van der Waals surface area contributed by atoms with Crippen LogP contribution < -0.4 is 5.32 Å². The van der Waals surface area contributed by atoms with Crippen molar-refractivity contribution < 1.29 is 0 Å². The molecule has 21 heavy (non-hydrogen) atoms. The third-order valence-electron chi connectivity index (χ3n) is 3.92. The van der Waals surface area contributed by atoms with Crippen molar-refractivity contribution in [1.29, 1.82) is 0 Å². The van der Waals surface area contributed by atoms with Crippen LogP contribution in [-0.4, -0.2) is 0 Å². The van der Waals surface area contributed by atoms with E-state index in [1.165, 1.54) is 28.0 Å². The summed E-state index contributed by atoms with van der Waals surface area (Å²) in [5.41, 5.74) is 6.59. The highest BCUT2D eigenvalue weighted by atomic mass is 14.8. The predicted molar refractivity (Wildman–Crippen MR) is 94.4 cm³/mol. The lowest BCUT2D eigenvalue weighted by atomic mass is 9.95. The lowest BCUT2D eigenvalue weighted by Crippen LogP contribution is -1.96. The van der Waals surface area contributed by atoms with Crippen molar-refractivity contribution in [3.8, 4) is 0 Å². The van der Waals surface area contributed by atoms with Gasteiger partial charge >= 0.3 is 0 Å². The zero-order chi connectivity index (χ0) is 15.1. The van der Waals surface area contributed by atoms with Gasteiger partial charge < -0.3 is 5.32 Å². The number of hydrogen-bond acceptors (Lipinski definition) is 1. The van der Waals surface area contributed by atoms with Crippen LogP contribution >= 0.6 is 0 Å². The van der Waals surface area contributed by atoms with Gasteiger partial charge in [-0.25, -0.2) is 0 Å². The summed E-state index contributed by atoms with van der Waals surface area (Å²) in [7, 11) is 0. The summed E-state index contributed by atoms with van der Waals surface area (Å²) in [6, 6.07) is 6.77. The van der Waals surface area contributed by atoms with Crippen molar-refractivity contribution in [3.05, 3.63) is 71.5 Å². The second-order valence-corrected chi connectivity index (χ2v) is 5.39. The molecule has 0 amide bonds. The standard InChI is InChI=1S/C20H25N/c1-4-16(3)13-14-21-20-15-19(12-11-17(20)5-2)18-9-7-6-8-10-18/h4,6-7,9,11-15,21H,5,8,10H2,1-3H3/b14-13-,16-4-. The Morgan fingerprint density at radius 2 is 2.19 bits per heavy atom. The van der Waals surface area contributed by atoms with Gasteiger partial charge in [0.1, 0.15) is 0 Å². The first-order valence-corrected chi connectivity index (χ1v) is 7.79. The molecule has 0 saturated carbocycles. The van der Waals surface area contributed by atoms with Crippen LogP contribution in [-0.2, 0) is 6.42 Å². The smallest absolute Gasteiger partial charge is 0.0418 e. The number of hydrogen-bond donors (Lipinski definition) is 1. The molecule has 0 aromatic heterocycles. The van der Waals surface area contributed by atoms with E-state index in [9.17, 15) is 0 Å². The predicted octanol–water partition coefficient (Wildman–Crippen LogP) is 5.87. The Balaban J connectivity index is 2.23. The number of aryl methyl sites for hydroxylation is 1. The largest absolute Gasteiger partial charge is 0.361 e. The molecule has 0 fully saturated rings. The van der Waals surface area contributed by atoms with Crippen molar-refractivity contribution in [2.45, 2.75) is 40.0 Å². The fourth-order valence-corrected chi connectivity index (χ4v) is 2.42. The van der Waals surface area contributed by atoms with Crippen LogP contribution in [0.4, 0.5) is 5.69 Å². The van der Waals surface area contributed by atoms with E-state index in [0.29, 0.717) is 0 Å². The molecule has 0 unspecified atom stereocenters. The quantitative estimate of drug-likeness (QED) is 0.664. The molecule has 0 aliphatic heterocycles. The van der Waals surface area contributed by atoms with Crippen LogP contribution in [0, 0.1) is 0 Å². The van der Waals surface area contributed by atoms with Crippen molar-refractivity contribution in [2.75, 3.05) is 5.32 Å². The molecule has 0 heterocycles. The van der Waals surface area contributed by atoms with Crippen LogP contribution in [0.3, 0.4) is 0 Å². The van der Waals surface area contributed by atoms with E-state index in [4.69, 9.17) is 0 Å². The highest BCUT2D eigenvalue weighted by Crippen LogP contribution is 2.28. The molecular formula is C20H25N. The van der Waals surface area contributed by atoms with Crippen LogP contribution in [0.15, 0.2) is 60.4 Å². The van der Waals surface area contributed by atoms with E-state index in [2.05, 4.69) is 74.7 Å². The van der Waals surface area contributed by atoms with Gasteiger partial charge in [0.15, 0.2) is 0 Å². The number of benzene rings is 1. The fraction of sp³-hybridized carbons (Fsp3) is 0.300. The Hall–Kier alpha value is -2.02. The van der Waals surface area contributed by atoms with Gasteiger partial charge in [-0.3, -0.25) is 0 Å². The second-order valence-electron chi connectivity index (χ2n) is 5.39. The van der Waals surface area contributed by atoms with E-state index in [0.717, 1.165) is 19.3 Å². The minimum Gasteiger partial charge on any atom is -0.361 e. The van der Waals surface area contributed by atoms with Gasteiger partial charge in [0.2, 0.25) is 0 Å². The summed E-state index contributed by atoms with van der Waals surface area (Å²) in [4.78, 5) is 0. The second kappa shape index (κ2) is 7.68. The fourth-order valence-electron chi connectivity index (χ4n) is 2.42. The molecule has 1 aromatic rings. The molecule has 1 N–H and O–H groups in total. The number of rotatable bonds is 5. The molecule has 0 atom stereocenters. The lowest BCUT2D eigenvalue weighted by molar-refractivity contribution is 1.05. The minimum atomic E-state index is 1.04. The highest BCUT2D eigenvalue weighted by molar-refractivity contribution is 5.72. The van der Waals surface area contributed by atoms with Gasteiger partial charge in [-0.05, 0) is 62.0 Å². The summed E-state index contributed by atoms with van der Waals surface area (Å²) >= 11 is 0. The molecule has 1 nitrogen and oxygen atoms in total. The van der Waals surface area contributed by atoms with Crippen molar-refractivity contribution in [1.82, 2.24) is 0 Å². The first-order chi connectivity index (χ1) is 10.2. The van der Waals surface area contributed by atoms with E-state index < -0.39 is 0 Å². The zero-order valence-corrected chi connectivity index (χ0v) is 13.3. The molecule has 0 saturated heterocycles.